The summed E-state index contributed by atoms with van der Waals surface area (Å²) in [6.07, 6.45) is 6.62. The first-order valence-corrected chi connectivity index (χ1v) is 6.81. The summed E-state index contributed by atoms with van der Waals surface area (Å²) in [6, 6.07) is 6.83. The largest absolute Gasteiger partial charge is 0.397 e. The lowest BCUT2D eigenvalue weighted by molar-refractivity contribution is 0.330. The van der Waals surface area contributed by atoms with Crippen molar-refractivity contribution in [1.82, 2.24) is 0 Å². The number of nitrogens with two attached hydrogens (primary N) is 1. The number of nitrogen functional groups attached to an aromatic ring is 1. The van der Waals surface area contributed by atoms with Crippen LogP contribution >= 0.6 is 0 Å². The summed E-state index contributed by atoms with van der Waals surface area (Å²) in [5.74, 6) is 0.947. The highest BCUT2D eigenvalue weighted by atomic mass is 14.9. The quantitative estimate of drug-likeness (QED) is 0.774. The minimum Gasteiger partial charge on any atom is -0.397 e. The molecule has 0 aliphatic heterocycles. The van der Waals surface area contributed by atoms with Crippen LogP contribution in [0.5, 0.6) is 0 Å². The van der Waals surface area contributed by atoms with E-state index in [2.05, 4.69) is 31.3 Å². The van der Waals surface area contributed by atoms with Crippen LogP contribution in [0.15, 0.2) is 18.2 Å². The summed E-state index contributed by atoms with van der Waals surface area (Å²) >= 11 is 0. The van der Waals surface area contributed by atoms with Gasteiger partial charge in [0.2, 0.25) is 0 Å². The van der Waals surface area contributed by atoms with Crippen molar-refractivity contribution >= 4 is 11.4 Å². The molecule has 1 aliphatic carbocycles. The predicted octanol–water partition coefficient (Wildman–Crippen LogP) is 3.96. The molecule has 1 aromatic rings. The summed E-state index contributed by atoms with van der Waals surface area (Å²) in [7, 11) is 0. The Morgan fingerprint density at radius 3 is 2.59 bits per heavy atom. The molecule has 0 saturated heterocycles. The van der Waals surface area contributed by atoms with Crippen molar-refractivity contribution < 1.29 is 0 Å². The van der Waals surface area contributed by atoms with Gasteiger partial charge in [0.05, 0.1) is 11.4 Å². The van der Waals surface area contributed by atoms with Crippen molar-refractivity contribution in [3.8, 4) is 0 Å². The third-order valence-electron chi connectivity index (χ3n) is 3.99. The molecular weight excluding hydrogens is 208 g/mol. The van der Waals surface area contributed by atoms with E-state index in [1.54, 1.807) is 0 Å². The van der Waals surface area contributed by atoms with E-state index in [1.807, 2.05) is 6.07 Å². The summed E-state index contributed by atoms with van der Waals surface area (Å²) in [6.45, 7) is 4.41. The fourth-order valence-corrected chi connectivity index (χ4v) is 2.73. The van der Waals surface area contributed by atoms with Gasteiger partial charge < -0.3 is 11.1 Å². The van der Waals surface area contributed by atoms with E-state index in [-0.39, 0.29) is 0 Å². The van der Waals surface area contributed by atoms with Crippen LogP contribution in [-0.2, 0) is 0 Å². The zero-order valence-electron chi connectivity index (χ0n) is 11.0. The molecule has 94 valence electrons. The summed E-state index contributed by atoms with van der Waals surface area (Å²) in [4.78, 5) is 0. The van der Waals surface area contributed by atoms with Gasteiger partial charge >= 0.3 is 0 Å². The summed E-state index contributed by atoms with van der Waals surface area (Å²) in [5, 5.41) is 3.61. The molecule has 2 heteroatoms. The second kappa shape index (κ2) is 5.44. The molecule has 17 heavy (non-hydrogen) atoms. The molecule has 1 fully saturated rings. The van der Waals surface area contributed by atoms with Gasteiger partial charge in [0.15, 0.2) is 0 Å². The van der Waals surface area contributed by atoms with Crippen LogP contribution < -0.4 is 11.1 Å². The SMILES string of the molecule is CCC1CCC(Nc2cc(C)ccc2N)CC1. The van der Waals surface area contributed by atoms with Gasteiger partial charge in [-0.05, 0) is 56.2 Å². The average molecular weight is 232 g/mol. The van der Waals surface area contributed by atoms with Gasteiger partial charge in [-0.15, -0.1) is 0 Å². The minimum absolute atomic E-state index is 0.613. The smallest absolute Gasteiger partial charge is 0.0578 e. The van der Waals surface area contributed by atoms with Crippen molar-refractivity contribution in [3.05, 3.63) is 23.8 Å². The highest BCUT2D eigenvalue weighted by molar-refractivity contribution is 5.67. The first kappa shape index (κ1) is 12.3. The molecule has 1 aromatic carbocycles. The van der Waals surface area contributed by atoms with Gasteiger partial charge in [-0.1, -0.05) is 19.4 Å². The summed E-state index contributed by atoms with van der Waals surface area (Å²) in [5.41, 5.74) is 9.25. The molecule has 2 rings (SSSR count). The van der Waals surface area contributed by atoms with E-state index in [0.29, 0.717) is 6.04 Å². The molecule has 0 spiro atoms. The number of anilines is 2. The third-order valence-corrected chi connectivity index (χ3v) is 3.99. The van der Waals surface area contributed by atoms with Crippen LogP contribution in [0, 0.1) is 12.8 Å². The van der Waals surface area contributed by atoms with E-state index in [1.165, 1.54) is 37.7 Å². The molecule has 0 bridgehead atoms. The third kappa shape index (κ3) is 3.15. The van der Waals surface area contributed by atoms with E-state index in [4.69, 9.17) is 5.73 Å². The van der Waals surface area contributed by atoms with Crippen molar-refractivity contribution in [2.75, 3.05) is 11.1 Å². The average Bonchev–Trinajstić information content (AvgIpc) is 2.35. The van der Waals surface area contributed by atoms with Crippen LogP contribution in [0.3, 0.4) is 0 Å². The first-order valence-electron chi connectivity index (χ1n) is 6.81. The van der Waals surface area contributed by atoms with Crippen molar-refractivity contribution in [3.63, 3.8) is 0 Å². The van der Waals surface area contributed by atoms with Crippen LogP contribution in [0.1, 0.15) is 44.6 Å². The normalized spacial score (nSPS) is 24.6. The Hall–Kier alpha value is -1.18. The lowest BCUT2D eigenvalue weighted by Crippen LogP contribution is -2.26. The highest BCUT2D eigenvalue weighted by Gasteiger charge is 2.20. The highest BCUT2D eigenvalue weighted by Crippen LogP contribution is 2.30. The molecule has 1 saturated carbocycles. The van der Waals surface area contributed by atoms with Gasteiger partial charge in [-0.3, -0.25) is 0 Å². The van der Waals surface area contributed by atoms with Crippen LogP contribution in [0.4, 0.5) is 11.4 Å². The fraction of sp³-hybridized carbons (Fsp3) is 0.600. The molecule has 0 atom stereocenters. The molecule has 1 aliphatic rings. The Balaban J connectivity index is 1.95. The Morgan fingerprint density at radius 1 is 1.24 bits per heavy atom. The van der Waals surface area contributed by atoms with E-state index in [0.717, 1.165) is 17.3 Å². The Bertz CT molecular complexity index is 365. The van der Waals surface area contributed by atoms with Gasteiger partial charge in [0.25, 0.3) is 0 Å². The van der Waals surface area contributed by atoms with Gasteiger partial charge in [0, 0.05) is 6.04 Å². The van der Waals surface area contributed by atoms with Gasteiger partial charge in [-0.25, -0.2) is 0 Å². The lowest BCUT2D eigenvalue weighted by atomic mass is 9.84. The molecule has 0 unspecified atom stereocenters. The maximum atomic E-state index is 6.00. The number of benzene rings is 1. The second-order valence-electron chi connectivity index (χ2n) is 5.36. The molecule has 0 heterocycles. The molecule has 0 radical (unpaired) electrons. The Labute approximate surface area is 105 Å². The fourth-order valence-electron chi connectivity index (χ4n) is 2.73. The molecular formula is C15H24N2. The van der Waals surface area contributed by atoms with E-state index in [9.17, 15) is 0 Å². The van der Waals surface area contributed by atoms with Crippen molar-refractivity contribution in [2.45, 2.75) is 52.0 Å². The predicted molar refractivity (Wildman–Crippen MR) is 75.3 cm³/mol. The Kier molecular flexibility index (Phi) is 3.93. The van der Waals surface area contributed by atoms with E-state index < -0.39 is 0 Å². The lowest BCUT2D eigenvalue weighted by Gasteiger charge is -2.29. The number of aryl methyl sites for hydroxylation is 1. The Morgan fingerprint density at radius 2 is 1.94 bits per heavy atom. The zero-order valence-corrected chi connectivity index (χ0v) is 11.0. The monoisotopic (exact) mass is 232 g/mol. The molecule has 0 amide bonds. The maximum Gasteiger partial charge on any atom is 0.0578 e. The number of hydrogen-bond acceptors (Lipinski definition) is 2. The topological polar surface area (TPSA) is 38.0 Å². The van der Waals surface area contributed by atoms with Gasteiger partial charge in [0.1, 0.15) is 0 Å². The van der Waals surface area contributed by atoms with Crippen LogP contribution in [-0.4, -0.2) is 6.04 Å². The molecule has 2 nitrogen and oxygen atoms in total. The van der Waals surface area contributed by atoms with Gasteiger partial charge in [-0.2, -0.15) is 0 Å². The first-order chi connectivity index (χ1) is 8.19. The minimum atomic E-state index is 0.613. The zero-order chi connectivity index (χ0) is 12.3. The number of rotatable bonds is 3. The molecule has 3 N–H and O–H groups in total. The standard InChI is InChI=1S/C15H24N2/c1-3-12-5-7-13(8-6-12)17-15-10-11(2)4-9-14(15)16/h4,9-10,12-13,17H,3,5-8,16H2,1-2H3. The number of nitrogens with one attached hydrogen (secondary N) is 1. The maximum absolute atomic E-state index is 6.00. The van der Waals surface area contributed by atoms with Crippen molar-refractivity contribution in [1.29, 1.82) is 0 Å². The van der Waals surface area contributed by atoms with Crippen LogP contribution in [0.25, 0.3) is 0 Å². The second-order valence-corrected chi connectivity index (χ2v) is 5.36. The van der Waals surface area contributed by atoms with Crippen molar-refractivity contribution in [2.24, 2.45) is 5.92 Å². The molecule has 0 aromatic heterocycles. The van der Waals surface area contributed by atoms with Crippen LogP contribution in [0.2, 0.25) is 0 Å². The summed E-state index contributed by atoms with van der Waals surface area (Å²) < 4.78 is 0. The number of hydrogen-bond donors (Lipinski definition) is 2. The van der Waals surface area contributed by atoms with E-state index >= 15 is 0 Å².